The molecule has 0 bridgehead atoms. The first kappa shape index (κ1) is 13.5. The molecule has 3 rings (SSSR count). The van der Waals surface area contributed by atoms with Gasteiger partial charge in [-0.15, -0.1) is 0 Å². The first-order valence-corrected chi connectivity index (χ1v) is 7.04. The molecule has 1 amide bonds. The zero-order valence-electron chi connectivity index (χ0n) is 10.9. The van der Waals surface area contributed by atoms with Crippen molar-refractivity contribution < 1.29 is 4.79 Å². The molecule has 5 nitrogen and oxygen atoms in total. The monoisotopic (exact) mass is 342 g/mol. The van der Waals surface area contributed by atoms with Crippen molar-refractivity contribution in [3.05, 3.63) is 64.5 Å². The van der Waals surface area contributed by atoms with Crippen LogP contribution in [0, 0.1) is 0 Å². The summed E-state index contributed by atoms with van der Waals surface area (Å²) < 4.78 is 0.988. The van der Waals surface area contributed by atoms with E-state index >= 15 is 0 Å². The molecule has 1 aromatic carbocycles. The molecule has 0 aliphatic carbocycles. The van der Waals surface area contributed by atoms with Crippen molar-refractivity contribution in [2.75, 3.05) is 0 Å². The van der Waals surface area contributed by atoms with E-state index in [0.717, 1.165) is 20.9 Å². The number of halogens is 1. The second kappa shape index (κ2) is 5.88. The third-order valence-corrected chi connectivity index (χ3v) is 3.44. The summed E-state index contributed by atoms with van der Waals surface area (Å²) in [5.74, 6) is -0.340. The fraction of sp³-hybridized carbons (Fsp3) is 0. The average Bonchev–Trinajstić information content (AvgIpc) is 2.90. The van der Waals surface area contributed by atoms with Gasteiger partial charge in [-0.3, -0.25) is 9.78 Å². The molecule has 0 aliphatic heterocycles. The van der Waals surface area contributed by atoms with Crippen LogP contribution in [0.2, 0.25) is 0 Å². The summed E-state index contributed by atoms with van der Waals surface area (Å²) in [6, 6.07) is 11.1. The van der Waals surface area contributed by atoms with Gasteiger partial charge in [-0.1, -0.05) is 22.0 Å². The Morgan fingerprint density at radius 3 is 3.05 bits per heavy atom. The number of amides is 1. The molecule has 0 unspecified atom stereocenters. The van der Waals surface area contributed by atoms with Crippen LogP contribution in [0.3, 0.4) is 0 Å². The van der Waals surface area contributed by atoms with Gasteiger partial charge in [-0.2, -0.15) is 5.10 Å². The highest BCUT2D eigenvalue weighted by Crippen LogP contribution is 2.21. The Bertz CT molecular complexity index is 811. The molecule has 2 N–H and O–H groups in total. The number of aromatic nitrogens is 2. The van der Waals surface area contributed by atoms with Crippen LogP contribution in [0.25, 0.3) is 10.9 Å². The molecule has 0 atom stereocenters. The average molecular weight is 343 g/mol. The normalized spacial score (nSPS) is 11.1. The number of nitrogens with one attached hydrogen (secondary N) is 2. The maximum absolute atomic E-state index is 11.8. The van der Waals surface area contributed by atoms with Crippen molar-refractivity contribution in [2.45, 2.75) is 0 Å². The smallest absolute Gasteiger partial charge is 0.289 e. The maximum atomic E-state index is 11.8. The molecular weight excluding hydrogens is 332 g/mol. The van der Waals surface area contributed by atoms with Gasteiger partial charge in [0.15, 0.2) is 0 Å². The van der Waals surface area contributed by atoms with Gasteiger partial charge in [-0.05, 0) is 30.3 Å². The number of carbonyl (C=O) groups is 1. The molecule has 0 saturated carbocycles. The van der Waals surface area contributed by atoms with E-state index in [2.05, 4.69) is 36.4 Å². The third-order valence-electron chi connectivity index (χ3n) is 2.94. The molecule has 0 fully saturated rings. The minimum Gasteiger partial charge on any atom is -0.361 e. The number of rotatable bonds is 3. The van der Waals surface area contributed by atoms with Crippen LogP contribution in [0.1, 0.15) is 16.1 Å². The van der Waals surface area contributed by atoms with Crippen molar-refractivity contribution in [2.24, 2.45) is 5.10 Å². The number of nitrogens with zero attached hydrogens (tertiary/aromatic N) is 2. The van der Waals surface area contributed by atoms with Crippen LogP contribution in [0.4, 0.5) is 0 Å². The summed E-state index contributed by atoms with van der Waals surface area (Å²) in [4.78, 5) is 18.9. The van der Waals surface area contributed by atoms with E-state index in [1.807, 2.05) is 24.4 Å². The Labute approximate surface area is 129 Å². The Balaban J connectivity index is 1.76. The lowest BCUT2D eigenvalue weighted by Crippen LogP contribution is -2.18. The zero-order chi connectivity index (χ0) is 14.7. The topological polar surface area (TPSA) is 70.1 Å². The lowest BCUT2D eigenvalue weighted by Gasteiger charge is -1.97. The number of aromatic amines is 1. The highest BCUT2D eigenvalue weighted by atomic mass is 79.9. The van der Waals surface area contributed by atoms with E-state index < -0.39 is 0 Å². The summed E-state index contributed by atoms with van der Waals surface area (Å²) >= 11 is 3.44. The third kappa shape index (κ3) is 3.00. The van der Waals surface area contributed by atoms with Crippen LogP contribution >= 0.6 is 15.9 Å². The lowest BCUT2D eigenvalue weighted by molar-refractivity contribution is 0.0950. The fourth-order valence-electron chi connectivity index (χ4n) is 1.94. The zero-order valence-corrected chi connectivity index (χ0v) is 12.5. The van der Waals surface area contributed by atoms with Crippen molar-refractivity contribution in [1.82, 2.24) is 15.4 Å². The molecular formula is C15H11BrN4O. The van der Waals surface area contributed by atoms with Gasteiger partial charge in [0, 0.05) is 33.3 Å². The van der Waals surface area contributed by atoms with E-state index in [4.69, 9.17) is 0 Å². The number of benzene rings is 1. The molecule has 0 aliphatic rings. The lowest BCUT2D eigenvalue weighted by atomic mass is 10.2. The molecule has 0 radical (unpaired) electrons. The number of fused-ring (bicyclic) bond motifs is 1. The number of carbonyl (C=O) groups excluding carboxylic acids is 1. The standard InChI is InChI=1S/C15H11BrN4O/c16-11-4-5-13-12(7-11)10(8-18-13)9-19-20-15(21)14-3-1-2-6-17-14/h1-9,18H,(H,20,21). The molecule has 2 aromatic heterocycles. The van der Waals surface area contributed by atoms with Gasteiger partial charge >= 0.3 is 0 Å². The highest BCUT2D eigenvalue weighted by molar-refractivity contribution is 9.10. The van der Waals surface area contributed by atoms with Crippen molar-refractivity contribution in [3.8, 4) is 0 Å². The van der Waals surface area contributed by atoms with Gasteiger partial charge in [0.05, 0.1) is 6.21 Å². The highest BCUT2D eigenvalue weighted by Gasteiger charge is 2.05. The summed E-state index contributed by atoms with van der Waals surface area (Å²) in [5, 5.41) is 5.00. The predicted octanol–water partition coefficient (Wildman–Crippen LogP) is 3.09. The SMILES string of the molecule is O=C(NN=Cc1c[nH]c2ccc(Br)cc12)c1ccccn1. The Kier molecular flexibility index (Phi) is 3.79. The number of H-pyrrole nitrogens is 1. The van der Waals surface area contributed by atoms with Crippen LogP contribution in [-0.4, -0.2) is 22.1 Å². The molecule has 21 heavy (non-hydrogen) atoms. The van der Waals surface area contributed by atoms with Crippen molar-refractivity contribution in [3.63, 3.8) is 0 Å². The van der Waals surface area contributed by atoms with Crippen LogP contribution < -0.4 is 5.43 Å². The Morgan fingerprint density at radius 1 is 1.33 bits per heavy atom. The van der Waals surface area contributed by atoms with E-state index in [9.17, 15) is 4.79 Å². The number of hydrogen-bond donors (Lipinski definition) is 2. The second-order valence-corrected chi connectivity index (χ2v) is 5.26. The van der Waals surface area contributed by atoms with Crippen molar-refractivity contribution in [1.29, 1.82) is 0 Å². The van der Waals surface area contributed by atoms with Gasteiger partial charge in [0.2, 0.25) is 0 Å². The predicted molar refractivity (Wildman–Crippen MR) is 85.3 cm³/mol. The molecule has 104 valence electrons. The van der Waals surface area contributed by atoms with E-state index in [-0.39, 0.29) is 5.91 Å². The van der Waals surface area contributed by atoms with E-state index in [0.29, 0.717) is 5.69 Å². The largest absolute Gasteiger partial charge is 0.361 e. The molecule has 0 spiro atoms. The Hall–Kier alpha value is -2.47. The molecule has 3 aromatic rings. The van der Waals surface area contributed by atoms with Gasteiger partial charge in [0.1, 0.15) is 5.69 Å². The summed E-state index contributed by atoms with van der Waals surface area (Å²) in [6.45, 7) is 0. The van der Waals surface area contributed by atoms with Crippen LogP contribution in [0.15, 0.2) is 58.4 Å². The first-order valence-electron chi connectivity index (χ1n) is 6.25. The van der Waals surface area contributed by atoms with E-state index in [1.54, 1.807) is 30.6 Å². The second-order valence-electron chi connectivity index (χ2n) is 4.35. The number of hydrogen-bond acceptors (Lipinski definition) is 3. The fourth-order valence-corrected chi connectivity index (χ4v) is 2.30. The van der Waals surface area contributed by atoms with Crippen molar-refractivity contribution >= 4 is 39.0 Å². The molecule has 6 heteroatoms. The summed E-state index contributed by atoms with van der Waals surface area (Å²) in [6.07, 6.45) is 5.01. The summed E-state index contributed by atoms with van der Waals surface area (Å²) in [7, 11) is 0. The quantitative estimate of drug-likeness (QED) is 0.567. The van der Waals surface area contributed by atoms with Crippen LogP contribution in [-0.2, 0) is 0 Å². The summed E-state index contributed by atoms with van der Waals surface area (Å²) in [5.41, 5.74) is 4.69. The Morgan fingerprint density at radius 2 is 2.24 bits per heavy atom. The van der Waals surface area contributed by atoms with Crippen LogP contribution in [0.5, 0.6) is 0 Å². The minimum absolute atomic E-state index is 0.330. The maximum Gasteiger partial charge on any atom is 0.289 e. The number of pyridine rings is 1. The van der Waals surface area contributed by atoms with Gasteiger partial charge < -0.3 is 4.98 Å². The molecule has 0 saturated heterocycles. The molecule has 2 heterocycles. The van der Waals surface area contributed by atoms with Gasteiger partial charge in [-0.25, -0.2) is 5.43 Å². The van der Waals surface area contributed by atoms with Gasteiger partial charge in [0.25, 0.3) is 5.91 Å². The number of hydrazone groups is 1. The first-order chi connectivity index (χ1) is 10.2. The van der Waals surface area contributed by atoms with E-state index in [1.165, 1.54) is 0 Å². The minimum atomic E-state index is -0.340.